The topological polar surface area (TPSA) is 21.3 Å². The third kappa shape index (κ3) is 4.23. The molecule has 1 fully saturated rings. The van der Waals surface area contributed by atoms with E-state index in [0.717, 1.165) is 30.6 Å². The van der Waals surface area contributed by atoms with Gasteiger partial charge < -0.3 is 10.1 Å². The summed E-state index contributed by atoms with van der Waals surface area (Å²) in [6.07, 6.45) is 3.85. The van der Waals surface area contributed by atoms with Crippen LogP contribution < -0.4 is 10.1 Å². The Kier molecular flexibility index (Phi) is 5.14. The third-order valence-electron chi connectivity index (χ3n) is 4.20. The highest BCUT2D eigenvalue weighted by Gasteiger charge is 2.31. The van der Waals surface area contributed by atoms with Crippen LogP contribution >= 0.6 is 15.9 Å². The molecule has 0 saturated heterocycles. The van der Waals surface area contributed by atoms with Crippen LogP contribution in [0.5, 0.6) is 5.75 Å². The first-order valence-electron chi connectivity index (χ1n) is 7.46. The van der Waals surface area contributed by atoms with E-state index in [2.05, 4.69) is 54.2 Å². The molecule has 2 nitrogen and oxygen atoms in total. The van der Waals surface area contributed by atoms with E-state index in [-0.39, 0.29) is 5.54 Å². The molecule has 20 heavy (non-hydrogen) atoms. The molecule has 2 atom stereocenters. The Labute approximate surface area is 131 Å². The Balaban J connectivity index is 1.93. The quantitative estimate of drug-likeness (QED) is 0.857. The summed E-state index contributed by atoms with van der Waals surface area (Å²) in [5.74, 6) is 2.56. The summed E-state index contributed by atoms with van der Waals surface area (Å²) in [6, 6.07) is 6.26. The second-order valence-corrected chi connectivity index (χ2v) is 7.74. The van der Waals surface area contributed by atoms with Gasteiger partial charge in [0.15, 0.2) is 0 Å². The van der Waals surface area contributed by atoms with Gasteiger partial charge in [0.1, 0.15) is 5.75 Å². The van der Waals surface area contributed by atoms with E-state index < -0.39 is 0 Å². The third-order valence-corrected chi connectivity index (χ3v) is 4.98. The fourth-order valence-corrected chi connectivity index (χ4v) is 3.14. The molecule has 0 radical (unpaired) electrons. The minimum absolute atomic E-state index is 0.219. The van der Waals surface area contributed by atoms with Crippen molar-refractivity contribution in [1.82, 2.24) is 5.32 Å². The van der Waals surface area contributed by atoms with E-state index in [1.807, 2.05) is 6.07 Å². The first-order valence-corrected chi connectivity index (χ1v) is 8.26. The van der Waals surface area contributed by atoms with Gasteiger partial charge in [-0.1, -0.05) is 15.9 Å². The number of rotatable bonds is 5. The van der Waals surface area contributed by atoms with E-state index >= 15 is 0 Å². The van der Waals surface area contributed by atoms with E-state index in [1.54, 1.807) is 7.11 Å². The maximum Gasteiger partial charge on any atom is 0.119 e. The van der Waals surface area contributed by atoms with Crippen LogP contribution in [-0.4, -0.2) is 19.2 Å². The Morgan fingerprint density at radius 3 is 2.50 bits per heavy atom. The van der Waals surface area contributed by atoms with Crippen LogP contribution in [0.2, 0.25) is 0 Å². The van der Waals surface area contributed by atoms with Crippen molar-refractivity contribution >= 4 is 15.9 Å². The molecule has 0 spiro atoms. The summed E-state index contributed by atoms with van der Waals surface area (Å²) >= 11 is 3.66. The molecule has 0 aliphatic heterocycles. The van der Waals surface area contributed by atoms with Gasteiger partial charge in [-0.05, 0) is 82.2 Å². The average molecular weight is 340 g/mol. The number of methoxy groups -OCH3 is 1. The zero-order valence-corrected chi connectivity index (χ0v) is 14.6. The molecule has 112 valence electrons. The lowest BCUT2D eigenvalue weighted by Gasteiger charge is -2.39. The molecule has 0 heterocycles. The molecular weight excluding hydrogens is 314 g/mol. The number of hydrogen-bond donors (Lipinski definition) is 1. The van der Waals surface area contributed by atoms with Gasteiger partial charge in [0.25, 0.3) is 0 Å². The van der Waals surface area contributed by atoms with Gasteiger partial charge in [-0.2, -0.15) is 0 Å². The monoisotopic (exact) mass is 339 g/mol. The van der Waals surface area contributed by atoms with Crippen molar-refractivity contribution in [2.75, 3.05) is 13.7 Å². The van der Waals surface area contributed by atoms with Crippen LogP contribution in [-0.2, 0) is 6.42 Å². The van der Waals surface area contributed by atoms with Gasteiger partial charge in [0.05, 0.1) is 7.11 Å². The SMILES string of the molecule is COc1ccc(Br)c(CC2CCC2CNC(C)(C)C)c1. The maximum absolute atomic E-state index is 5.33. The van der Waals surface area contributed by atoms with Gasteiger partial charge in [-0.3, -0.25) is 0 Å². The largest absolute Gasteiger partial charge is 0.497 e. The Morgan fingerprint density at radius 2 is 1.95 bits per heavy atom. The smallest absolute Gasteiger partial charge is 0.119 e. The number of halogens is 1. The first-order chi connectivity index (χ1) is 9.39. The van der Waals surface area contributed by atoms with Gasteiger partial charge in [-0.15, -0.1) is 0 Å². The fourth-order valence-electron chi connectivity index (χ4n) is 2.73. The van der Waals surface area contributed by atoms with Crippen molar-refractivity contribution < 1.29 is 4.74 Å². The minimum Gasteiger partial charge on any atom is -0.497 e. The molecule has 3 heteroatoms. The molecule has 2 rings (SSSR count). The molecule has 0 bridgehead atoms. The first kappa shape index (κ1) is 15.8. The second-order valence-electron chi connectivity index (χ2n) is 6.89. The molecule has 1 aromatic carbocycles. The van der Waals surface area contributed by atoms with E-state index in [9.17, 15) is 0 Å². The van der Waals surface area contributed by atoms with Crippen molar-refractivity contribution in [1.29, 1.82) is 0 Å². The Morgan fingerprint density at radius 1 is 1.25 bits per heavy atom. The van der Waals surface area contributed by atoms with Crippen LogP contribution in [0.3, 0.4) is 0 Å². The van der Waals surface area contributed by atoms with Crippen LogP contribution in [0.4, 0.5) is 0 Å². The highest BCUT2D eigenvalue weighted by atomic mass is 79.9. The summed E-state index contributed by atoms with van der Waals surface area (Å²) in [5, 5.41) is 3.64. The molecule has 1 saturated carbocycles. The lowest BCUT2D eigenvalue weighted by molar-refractivity contribution is 0.159. The van der Waals surface area contributed by atoms with Crippen molar-refractivity contribution in [3.05, 3.63) is 28.2 Å². The highest BCUT2D eigenvalue weighted by molar-refractivity contribution is 9.10. The second kappa shape index (κ2) is 6.48. The van der Waals surface area contributed by atoms with Crippen molar-refractivity contribution in [3.8, 4) is 5.75 Å². The zero-order valence-electron chi connectivity index (χ0n) is 13.0. The molecule has 1 aliphatic carbocycles. The summed E-state index contributed by atoms with van der Waals surface area (Å²) in [4.78, 5) is 0. The van der Waals surface area contributed by atoms with Crippen molar-refractivity contribution in [2.45, 2.75) is 45.6 Å². The predicted molar refractivity (Wildman–Crippen MR) is 88.4 cm³/mol. The molecule has 0 aromatic heterocycles. The van der Waals surface area contributed by atoms with Gasteiger partial charge >= 0.3 is 0 Å². The van der Waals surface area contributed by atoms with E-state index in [0.29, 0.717) is 0 Å². The number of ether oxygens (including phenoxy) is 1. The zero-order chi connectivity index (χ0) is 14.8. The molecule has 2 unspecified atom stereocenters. The Bertz CT molecular complexity index is 453. The lowest BCUT2D eigenvalue weighted by atomic mass is 9.70. The van der Waals surface area contributed by atoms with Crippen LogP contribution in [0.1, 0.15) is 39.2 Å². The number of nitrogens with one attached hydrogen (secondary N) is 1. The summed E-state index contributed by atoms with van der Waals surface area (Å²) in [7, 11) is 1.73. The molecular formula is C17H26BrNO. The summed E-state index contributed by atoms with van der Waals surface area (Å²) < 4.78 is 6.53. The number of hydrogen-bond acceptors (Lipinski definition) is 2. The minimum atomic E-state index is 0.219. The van der Waals surface area contributed by atoms with Gasteiger partial charge in [0, 0.05) is 10.0 Å². The van der Waals surface area contributed by atoms with E-state index in [1.165, 1.54) is 22.9 Å². The van der Waals surface area contributed by atoms with Crippen LogP contribution in [0.15, 0.2) is 22.7 Å². The van der Waals surface area contributed by atoms with Crippen LogP contribution in [0, 0.1) is 11.8 Å². The fraction of sp³-hybridized carbons (Fsp3) is 0.647. The molecule has 1 aliphatic rings. The predicted octanol–water partition coefficient (Wildman–Crippen LogP) is 4.41. The van der Waals surface area contributed by atoms with Crippen molar-refractivity contribution in [2.24, 2.45) is 11.8 Å². The van der Waals surface area contributed by atoms with Gasteiger partial charge in [-0.25, -0.2) is 0 Å². The maximum atomic E-state index is 5.33. The molecule has 1 aromatic rings. The van der Waals surface area contributed by atoms with Crippen LogP contribution in [0.25, 0.3) is 0 Å². The highest BCUT2D eigenvalue weighted by Crippen LogP contribution is 2.38. The summed E-state index contributed by atoms with van der Waals surface area (Å²) in [6.45, 7) is 7.84. The van der Waals surface area contributed by atoms with Gasteiger partial charge in [0.2, 0.25) is 0 Å². The normalized spacial score (nSPS) is 22.4. The Hall–Kier alpha value is -0.540. The molecule has 1 N–H and O–H groups in total. The average Bonchev–Trinajstić information content (AvgIpc) is 2.35. The van der Waals surface area contributed by atoms with E-state index in [4.69, 9.17) is 4.74 Å². The summed E-state index contributed by atoms with van der Waals surface area (Å²) in [5.41, 5.74) is 1.59. The number of benzene rings is 1. The standard InChI is InChI=1S/C17H26BrNO/c1-17(2,3)19-11-13-6-5-12(13)9-14-10-15(20-4)7-8-16(14)18/h7-8,10,12-13,19H,5-6,9,11H2,1-4H3. The van der Waals surface area contributed by atoms with Crippen molar-refractivity contribution in [3.63, 3.8) is 0 Å². The lowest BCUT2D eigenvalue weighted by Crippen LogP contribution is -2.44. The molecule has 0 amide bonds.